The Labute approximate surface area is 100 Å². The van der Waals surface area contributed by atoms with Crippen LogP contribution in [0, 0.1) is 0 Å². The molecule has 0 radical (unpaired) electrons. The lowest BCUT2D eigenvalue weighted by molar-refractivity contribution is 0.0637. The second kappa shape index (κ2) is 4.93. The van der Waals surface area contributed by atoms with Crippen molar-refractivity contribution < 1.29 is 9.84 Å². The van der Waals surface area contributed by atoms with Gasteiger partial charge in [-0.1, -0.05) is 11.6 Å². The van der Waals surface area contributed by atoms with Crippen LogP contribution in [0.3, 0.4) is 0 Å². The average molecular weight is 242 g/mol. The highest BCUT2D eigenvalue weighted by Gasteiger charge is 2.21. The molecule has 0 aliphatic carbocycles. The molecule has 0 aromatic heterocycles. The number of anilines is 1. The molecule has 3 nitrogen and oxygen atoms in total. The van der Waals surface area contributed by atoms with Gasteiger partial charge in [-0.05, 0) is 38.0 Å². The van der Waals surface area contributed by atoms with Crippen LogP contribution >= 0.6 is 11.6 Å². The topological polar surface area (TPSA) is 41.5 Å². The lowest BCUT2D eigenvalue weighted by Crippen LogP contribution is -2.19. The average Bonchev–Trinajstić information content (AvgIpc) is 2.66. The lowest BCUT2D eigenvalue weighted by atomic mass is 10.2. The zero-order valence-electron chi connectivity index (χ0n) is 9.24. The van der Waals surface area contributed by atoms with E-state index in [-0.39, 0.29) is 11.9 Å². The third kappa shape index (κ3) is 2.80. The number of hydrogen-bond donors (Lipinski definition) is 2. The second-order valence-electron chi connectivity index (χ2n) is 4.19. The molecule has 1 aliphatic heterocycles. The van der Waals surface area contributed by atoms with Gasteiger partial charge in [-0.2, -0.15) is 0 Å². The van der Waals surface area contributed by atoms with Crippen molar-refractivity contribution in [3.05, 3.63) is 23.2 Å². The van der Waals surface area contributed by atoms with Gasteiger partial charge >= 0.3 is 0 Å². The van der Waals surface area contributed by atoms with Crippen molar-refractivity contribution in [2.75, 3.05) is 11.9 Å². The van der Waals surface area contributed by atoms with E-state index < -0.39 is 0 Å². The minimum atomic E-state index is 0.109. The molecular weight excluding hydrogens is 226 g/mol. The van der Waals surface area contributed by atoms with Crippen LogP contribution in [0.25, 0.3) is 0 Å². The molecule has 1 heterocycles. The fraction of sp³-hybridized carbons (Fsp3) is 0.500. The van der Waals surface area contributed by atoms with E-state index in [1.54, 1.807) is 18.2 Å². The molecule has 0 amide bonds. The number of benzene rings is 1. The van der Waals surface area contributed by atoms with Crippen molar-refractivity contribution in [2.45, 2.75) is 32.0 Å². The maximum Gasteiger partial charge on any atom is 0.134 e. The molecule has 2 N–H and O–H groups in total. The van der Waals surface area contributed by atoms with Crippen molar-refractivity contribution in [1.29, 1.82) is 0 Å². The van der Waals surface area contributed by atoms with Gasteiger partial charge in [-0.25, -0.2) is 0 Å². The predicted octanol–water partition coefficient (Wildman–Crippen LogP) is 3.03. The van der Waals surface area contributed by atoms with E-state index in [9.17, 15) is 5.11 Å². The van der Waals surface area contributed by atoms with E-state index in [1.807, 2.05) is 0 Å². The molecule has 2 atom stereocenters. The summed E-state index contributed by atoms with van der Waals surface area (Å²) >= 11 is 5.81. The van der Waals surface area contributed by atoms with Crippen molar-refractivity contribution in [2.24, 2.45) is 0 Å². The molecule has 0 spiro atoms. The van der Waals surface area contributed by atoms with E-state index in [1.165, 1.54) is 0 Å². The highest BCUT2D eigenvalue weighted by Crippen LogP contribution is 2.26. The number of rotatable bonds is 3. The largest absolute Gasteiger partial charge is 0.506 e. The Morgan fingerprint density at radius 3 is 2.94 bits per heavy atom. The first kappa shape index (κ1) is 11.6. The number of halogens is 1. The Morgan fingerprint density at radius 1 is 1.50 bits per heavy atom. The minimum absolute atomic E-state index is 0.109. The second-order valence-corrected chi connectivity index (χ2v) is 4.60. The fourth-order valence-electron chi connectivity index (χ4n) is 1.88. The maximum absolute atomic E-state index is 9.27. The first-order chi connectivity index (χ1) is 7.65. The number of aromatic hydroxyl groups is 1. The molecule has 2 rings (SSSR count). The third-order valence-electron chi connectivity index (χ3n) is 2.80. The Hall–Kier alpha value is -0.930. The summed E-state index contributed by atoms with van der Waals surface area (Å²) in [6.07, 6.45) is 2.88. The van der Waals surface area contributed by atoms with Crippen molar-refractivity contribution in [3.8, 4) is 5.75 Å². The van der Waals surface area contributed by atoms with Crippen molar-refractivity contribution in [1.82, 2.24) is 0 Å². The van der Waals surface area contributed by atoms with Gasteiger partial charge in [0.2, 0.25) is 0 Å². The van der Waals surface area contributed by atoms with Crippen LogP contribution in [-0.2, 0) is 4.74 Å². The van der Waals surface area contributed by atoms with Crippen molar-refractivity contribution >= 4 is 17.3 Å². The molecule has 1 aromatic rings. The number of nitrogens with one attached hydrogen (secondary N) is 1. The zero-order chi connectivity index (χ0) is 11.5. The van der Waals surface area contributed by atoms with Gasteiger partial charge in [0.25, 0.3) is 0 Å². The van der Waals surface area contributed by atoms with Crippen LogP contribution in [0.2, 0.25) is 5.02 Å². The van der Waals surface area contributed by atoms with Gasteiger partial charge < -0.3 is 15.2 Å². The highest BCUT2D eigenvalue weighted by atomic mass is 35.5. The summed E-state index contributed by atoms with van der Waals surface area (Å²) in [5, 5.41) is 12.9. The first-order valence-corrected chi connectivity index (χ1v) is 5.91. The molecule has 1 fully saturated rings. The van der Waals surface area contributed by atoms with Crippen molar-refractivity contribution in [3.63, 3.8) is 0 Å². The Balaban J connectivity index is 1.87. The van der Waals surface area contributed by atoms with Gasteiger partial charge in [-0.3, -0.25) is 0 Å². The monoisotopic (exact) mass is 241 g/mol. The lowest BCUT2D eigenvalue weighted by Gasteiger charge is -2.13. The summed E-state index contributed by atoms with van der Waals surface area (Å²) in [6.45, 7) is 2.88. The van der Waals surface area contributed by atoms with E-state index in [0.717, 1.165) is 25.1 Å². The van der Waals surface area contributed by atoms with Gasteiger partial charge in [0.15, 0.2) is 0 Å². The quantitative estimate of drug-likeness (QED) is 0.800. The van der Waals surface area contributed by atoms with Crippen LogP contribution < -0.4 is 5.32 Å². The Kier molecular flexibility index (Phi) is 3.56. The Bertz CT molecular complexity index is 370. The zero-order valence-corrected chi connectivity index (χ0v) is 10.00. The van der Waals surface area contributed by atoms with E-state index in [0.29, 0.717) is 11.1 Å². The first-order valence-electron chi connectivity index (χ1n) is 5.53. The standard InChI is InChI=1S/C12H16ClNO2/c1-8-2-4-10(16-8)7-14-9-3-5-12(15)11(13)6-9/h3,5-6,8,10,14-15H,2,4,7H2,1H3. The van der Waals surface area contributed by atoms with E-state index in [4.69, 9.17) is 16.3 Å². The predicted molar refractivity (Wildman–Crippen MR) is 65.2 cm³/mol. The SMILES string of the molecule is CC1CCC(CNc2ccc(O)c(Cl)c2)O1. The molecular formula is C12H16ClNO2. The summed E-state index contributed by atoms with van der Waals surface area (Å²) in [5.74, 6) is 0.109. The molecule has 2 unspecified atom stereocenters. The van der Waals surface area contributed by atoms with Crippen LogP contribution in [0.1, 0.15) is 19.8 Å². The van der Waals surface area contributed by atoms with Crippen LogP contribution in [0.4, 0.5) is 5.69 Å². The molecule has 0 saturated carbocycles. The number of phenols is 1. The molecule has 0 bridgehead atoms. The number of hydrogen-bond acceptors (Lipinski definition) is 3. The normalized spacial score (nSPS) is 24.6. The van der Waals surface area contributed by atoms with Crippen LogP contribution in [0.5, 0.6) is 5.75 Å². The van der Waals surface area contributed by atoms with Gasteiger partial charge in [0.05, 0.1) is 17.2 Å². The Morgan fingerprint density at radius 2 is 2.31 bits per heavy atom. The summed E-state index contributed by atoms with van der Waals surface area (Å²) in [6, 6.07) is 5.11. The smallest absolute Gasteiger partial charge is 0.134 e. The highest BCUT2D eigenvalue weighted by molar-refractivity contribution is 6.32. The van der Waals surface area contributed by atoms with Crippen LogP contribution in [-0.4, -0.2) is 23.9 Å². The van der Waals surface area contributed by atoms with Gasteiger partial charge in [-0.15, -0.1) is 0 Å². The molecule has 1 aliphatic rings. The van der Waals surface area contributed by atoms with E-state index >= 15 is 0 Å². The number of ether oxygens (including phenoxy) is 1. The number of phenolic OH excluding ortho intramolecular Hbond substituents is 1. The van der Waals surface area contributed by atoms with Gasteiger partial charge in [0.1, 0.15) is 5.75 Å². The summed E-state index contributed by atoms with van der Waals surface area (Å²) < 4.78 is 5.69. The molecule has 16 heavy (non-hydrogen) atoms. The fourth-order valence-corrected chi connectivity index (χ4v) is 2.06. The molecule has 4 heteroatoms. The maximum atomic E-state index is 9.27. The molecule has 1 aromatic carbocycles. The molecule has 88 valence electrons. The molecule has 1 saturated heterocycles. The van der Waals surface area contributed by atoms with Crippen LogP contribution in [0.15, 0.2) is 18.2 Å². The minimum Gasteiger partial charge on any atom is -0.506 e. The third-order valence-corrected chi connectivity index (χ3v) is 3.10. The summed E-state index contributed by atoms with van der Waals surface area (Å²) in [4.78, 5) is 0. The van der Waals surface area contributed by atoms with E-state index in [2.05, 4.69) is 12.2 Å². The van der Waals surface area contributed by atoms with Gasteiger partial charge in [0, 0.05) is 12.2 Å². The summed E-state index contributed by atoms with van der Waals surface area (Å²) in [7, 11) is 0. The summed E-state index contributed by atoms with van der Waals surface area (Å²) in [5.41, 5.74) is 0.908.